The zero-order valence-electron chi connectivity index (χ0n) is 20.9. The van der Waals surface area contributed by atoms with E-state index in [1.807, 2.05) is 74.5 Å². The zero-order valence-corrected chi connectivity index (χ0v) is 20.9. The Morgan fingerprint density at radius 1 is 0.857 bits per heavy atom. The van der Waals surface area contributed by atoms with Gasteiger partial charge in [0, 0.05) is 13.6 Å². The van der Waals surface area contributed by atoms with Crippen LogP contribution in [0.5, 0.6) is 0 Å². The Balaban J connectivity index is 2.14. The number of urea groups is 1. The molecule has 190 valence electrons. The average Bonchev–Trinajstić information content (AvgIpc) is 2.88. The number of aryl methyl sites for hydroxylation is 1. The Morgan fingerprint density at radius 2 is 1.43 bits per heavy atom. The van der Waals surface area contributed by atoms with Crippen LogP contribution in [0.25, 0.3) is 0 Å². The van der Waals surface area contributed by atoms with E-state index in [4.69, 9.17) is 0 Å². The summed E-state index contributed by atoms with van der Waals surface area (Å²) in [6, 6.07) is 19.2. The smallest absolute Gasteiger partial charge is 0.335 e. The molecule has 0 bridgehead atoms. The Bertz CT molecular complexity index is 921. The van der Waals surface area contributed by atoms with Crippen LogP contribution in [0, 0.1) is 17.8 Å². The lowest BCUT2D eigenvalue weighted by Crippen LogP contribution is -2.54. The van der Waals surface area contributed by atoms with Gasteiger partial charge in [-0.2, -0.15) is 0 Å². The van der Waals surface area contributed by atoms with Crippen molar-refractivity contribution >= 4 is 17.8 Å². The number of rotatable bonds is 12. The number of carbonyl (C=O) groups excluding carboxylic acids is 3. The van der Waals surface area contributed by atoms with Crippen LogP contribution < -0.4 is 16.2 Å². The first-order valence-electron chi connectivity index (χ1n) is 12.2. The van der Waals surface area contributed by atoms with Crippen molar-refractivity contribution in [3.63, 3.8) is 0 Å². The third-order valence-corrected chi connectivity index (χ3v) is 5.99. The highest BCUT2D eigenvalue weighted by Gasteiger charge is 2.35. The summed E-state index contributed by atoms with van der Waals surface area (Å²) in [5.41, 5.74) is 6.66. The standard InChI is InChI=1S/C27H38N4O4/c1-20(2)19-24(23(26(33)30-35)16-10-15-21-11-6-4-7-12-21)25(32)29-31(27(34)28-3)18-17-22-13-8-5-9-14-22/h4-9,11-14,20,23-24,35H,10,15-19H2,1-3H3,(H,28,34)(H,29,32)(H,30,33)/t23?,24-/m0/s1. The van der Waals surface area contributed by atoms with Crippen molar-refractivity contribution in [2.24, 2.45) is 17.8 Å². The van der Waals surface area contributed by atoms with Gasteiger partial charge in [-0.05, 0) is 49.1 Å². The van der Waals surface area contributed by atoms with Crippen LogP contribution >= 0.6 is 0 Å². The highest BCUT2D eigenvalue weighted by Crippen LogP contribution is 2.26. The number of hydrogen-bond acceptors (Lipinski definition) is 4. The Hall–Kier alpha value is -3.39. The van der Waals surface area contributed by atoms with Crippen LogP contribution in [-0.4, -0.2) is 41.7 Å². The first-order valence-corrected chi connectivity index (χ1v) is 12.2. The van der Waals surface area contributed by atoms with Crippen molar-refractivity contribution in [3.05, 3.63) is 71.8 Å². The van der Waals surface area contributed by atoms with Crippen LogP contribution in [0.15, 0.2) is 60.7 Å². The number of hydroxylamine groups is 1. The minimum Gasteiger partial charge on any atom is -0.340 e. The molecule has 0 heterocycles. The lowest BCUT2D eigenvalue weighted by molar-refractivity contribution is -0.142. The number of amides is 4. The highest BCUT2D eigenvalue weighted by molar-refractivity contribution is 5.88. The van der Waals surface area contributed by atoms with Crippen molar-refractivity contribution in [2.75, 3.05) is 13.6 Å². The Kier molecular flexibility index (Phi) is 11.8. The fraction of sp³-hybridized carbons (Fsp3) is 0.444. The summed E-state index contributed by atoms with van der Waals surface area (Å²) in [6.45, 7) is 4.23. The molecule has 2 rings (SSSR count). The predicted molar refractivity (Wildman–Crippen MR) is 135 cm³/mol. The quantitative estimate of drug-likeness (QED) is 0.273. The van der Waals surface area contributed by atoms with Crippen molar-refractivity contribution in [1.82, 2.24) is 21.2 Å². The van der Waals surface area contributed by atoms with Gasteiger partial charge >= 0.3 is 6.03 Å². The molecule has 0 aromatic heterocycles. The van der Waals surface area contributed by atoms with Gasteiger partial charge in [-0.3, -0.25) is 20.2 Å². The molecule has 8 nitrogen and oxygen atoms in total. The van der Waals surface area contributed by atoms with Crippen LogP contribution in [-0.2, 0) is 22.4 Å². The van der Waals surface area contributed by atoms with Gasteiger partial charge in [0.1, 0.15) is 0 Å². The third-order valence-electron chi connectivity index (χ3n) is 5.99. The van der Waals surface area contributed by atoms with Crippen LogP contribution in [0.4, 0.5) is 4.79 Å². The van der Waals surface area contributed by atoms with Gasteiger partial charge in [0.2, 0.25) is 11.8 Å². The lowest BCUT2D eigenvalue weighted by Gasteiger charge is -2.30. The Morgan fingerprint density at radius 3 is 1.94 bits per heavy atom. The molecule has 0 aliphatic rings. The molecule has 2 aromatic rings. The van der Waals surface area contributed by atoms with E-state index in [2.05, 4.69) is 10.7 Å². The first kappa shape index (κ1) is 27.9. The van der Waals surface area contributed by atoms with E-state index in [1.165, 1.54) is 12.1 Å². The summed E-state index contributed by atoms with van der Waals surface area (Å²) >= 11 is 0. The molecule has 4 N–H and O–H groups in total. The zero-order chi connectivity index (χ0) is 25.6. The molecule has 8 heteroatoms. The Labute approximate surface area is 208 Å². The monoisotopic (exact) mass is 482 g/mol. The lowest BCUT2D eigenvalue weighted by atomic mass is 9.81. The molecule has 0 fully saturated rings. The number of carbonyl (C=O) groups is 3. The average molecular weight is 483 g/mol. The summed E-state index contributed by atoms with van der Waals surface area (Å²) in [6.07, 6.45) is 2.86. The normalized spacial score (nSPS) is 12.5. The van der Waals surface area contributed by atoms with Crippen molar-refractivity contribution in [2.45, 2.75) is 46.0 Å². The van der Waals surface area contributed by atoms with Crippen LogP contribution in [0.3, 0.4) is 0 Å². The molecule has 35 heavy (non-hydrogen) atoms. The minimum atomic E-state index is -0.730. The van der Waals surface area contributed by atoms with E-state index in [1.54, 1.807) is 5.48 Å². The fourth-order valence-corrected chi connectivity index (χ4v) is 4.18. The van der Waals surface area contributed by atoms with E-state index in [9.17, 15) is 19.6 Å². The van der Waals surface area contributed by atoms with Crippen LogP contribution in [0.1, 0.15) is 44.2 Å². The number of hydrazine groups is 1. The van der Waals surface area contributed by atoms with Crippen molar-refractivity contribution < 1.29 is 19.6 Å². The highest BCUT2D eigenvalue weighted by atomic mass is 16.5. The molecule has 4 amide bonds. The van der Waals surface area contributed by atoms with E-state index in [0.717, 1.165) is 17.5 Å². The minimum absolute atomic E-state index is 0.131. The molecular weight excluding hydrogens is 444 g/mol. The topological polar surface area (TPSA) is 111 Å². The van der Waals surface area contributed by atoms with E-state index in [-0.39, 0.29) is 12.5 Å². The molecule has 0 aliphatic carbocycles. The number of benzene rings is 2. The predicted octanol–water partition coefficient (Wildman–Crippen LogP) is 3.71. The fourth-order valence-electron chi connectivity index (χ4n) is 4.18. The third kappa shape index (κ3) is 9.41. The van der Waals surface area contributed by atoms with Gasteiger partial charge in [-0.25, -0.2) is 15.3 Å². The maximum atomic E-state index is 13.4. The molecular formula is C27H38N4O4. The summed E-state index contributed by atoms with van der Waals surface area (Å²) in [5, 5.41) is 13.2. The molecule has 2 atom stereocenters. The summed E-state index contributed by atoms with van der Waals surface area (Å²) in [5.74, 6) is -2.31. The largest absolute Gasteiger partial charge is 0.340 e. The van der Waals surface area contributed by atoms with Crippen LogP contribution in [0.2, 0.25) is 0 Å². The van der Waals surface area contributed by atoms with Crippen molar-refractivity contribution in [1.29, 1.82) is 0 Å². The number of hydrogen-bond donors (Lipinski definition) is 4. The van der Waals surface area contributed by atoms with Gasteiger partial charge in [0.15, 0.2) is 0 Å². The molecule has 1 unspecified atom stereocenters. The SMILES string of the molecule is CNC(=O)N(CCc1ccccc1)NC(=O)[C@@H](CC(C)C)C(CCCc1ccccc1)C(=O)NO. The van der Waals surface area contributed by atoms with Gasteiger partial charge in [0.05, 0.1) is 11.8 Å². The van der Waals surface area contributed by atoms with Gasteiger partial charge in [-0.1, -0.05) is 74.5 Å². The molecule has 0 saturated heterocycles. The number of nitrogens with zero attached hydrogens (tertiary/aromatic N) is 1. The maximum Gasteiger partial charge on any atom is 0.335 e. The second-order valence-corrected chi connectivity index (χ2v) is 9.11. The molecule has 0 spiro atoms. The summed E-state index contributed by atoms with van der Waals surface area (Å²) in [7, 11) is 1.50. The van der Waals surface area contributed by atoms with E-state index >= 15 is 0 Å². The maximum absolute atomic E-state index is 13.4. The molecule has 0 radical (unpaired) electrons. The molecule has 0 saturated carbocycles. The van der Waals surface area contributed by atoms with E-state index < -0.39 is 29.7 Å². The van der Waals surface area contributed by atoms with Crippen molar-refractivity contribution in [3.8, 4) is 0 Å². The molecule has 2 aromatic carbocycles. The number of nitrogens with one attached hydrogen (secondary N) is 3. The second kappa shape index (κ2) is 14.8. The van der Waals surface area contributed by atoms with Gasteiger partial charge in [0.25, 0.3) is 0 Å². The van der Waals surface area contributed by atoms with Gasteiger partial charge in [-0.15, -0.1) is 0 Å². The first-order chi connectivity index (χ1) is 16.8. The summed E-state index contributed by atoms with van der Waals surface area (Å²) in [4.78, 5) is 38.5. The molecule has 0 aliphatic heterocycles. The van der Waals surface area contributed by atoms with E-state index in [0.29, 0.717) is 25.7 Å². The van der Waals surface area contributed by atoms with Gasteiger partial charge < -0.3 is 5.32 Å². The summed E-state index contributed by atoms with van der Waals surface area (Å²) < 4.78 is 0. The second-order valence-electron chi connectivity index (χ2n) is 9.11.